The van der Waals surface area contributed by atoms with Gasteiger partial charge in [-0.05, 0) is 56.1 Å². The van der Waals surface area contributed by atoms with Gasteiger partial charge in [-0.1, -0.05) is 41.4 Å². The Morgan fingerprint density at radius 2 is 1.80 bits per heavy atom. The number of hydrogen-bond acceptors (Lipinski definition) is 3. The van der Waals surface area contributed by atoms with E-state index < -0.39 is 0 Å². The molecule has 25 heavy (non-hydrogen) atoms. The van der Waals surface area contributed by atoms with E-state index in [9.17, 15) is 4.79 Å². The minimum atomic E-state index is -0.145. The van der Waals surface area contributed by atoms with Crippen LogP contribution in [-0.4, -0.2) is 44.9 Å². The van der Waals surface area contributed by atoms with E-state index in [1.807, 2.05) is 12.1 Å². The van der Waals surface area contributed by atoms with Crippen molar-refractivity contribution >= 4 is 40.7 Å². The zero-order chi connectivity index (χ0) is 18.4. The van der Waals surface area contributed by atoms with Gasteiger partial charge in [0.25, 0.3) is 0 Å². The van der Waals surface area contributed by atoms with E-state index in [2.05, 4.69) is 43.1 Å². The molecular weight excluding hydrogens is 355 g/mol. The third kappa shape index (κ3) is 5.89. The molecule has 0 aromatic heterocycles. The molecule has 0 heterocycles. The number of halogens is 2. The number of nitrogens with zero attached hydrogens (tertiary/aromatic N) is 2. The number of rotatable bonds is 7. The van der Waals surface area contributed by atoms with Crippen LogP contribution in [0.2, 0.25) is 10.0 Å². The highest BCUT2D eigenvalue weighted by atomic mass is 35.5. The van der Waals surface area contributed by atoms with Crippen molar-refractivity contribution in [1.82, 2.24) is 4.90 Å². The smallest absolute Gasteiger partial charge is 0.187 e. The van der Waals surface area contributed by atoms with Crippen molar-refractivity contribution in [2.24, 2.45) is 0 Å². The van der Waals surface area contributed by atoms with E-state index in [0.29, 0.717) is 15.6 Å². The first-order valence-corrected chi connectivity index (χ1v) is 8.76. The van der Waals surface area contributed by atoms with Gasteiger partial charge in [-0.3, -0.25) is 4.79 Å². The standard InChI is InChI=1S/C20H22Cl2N2O/c1-23(2)11-12-24(3)17-6-4-5-15(13-17)7-10-20(25)18-9-8-16(21)14-19(18)22/h4-10,13-14H,11-12H2,1-3H3/b10-7+. The Kier molecular flexibility index (Phi) is 7.06. The van der Waals surface area contributed by atoms with Gasteiger partial charge >= 0.3 is 0 Å². The van der Waals surface area contributed by atoms with Crippen LogP contribution in [0, 0.1) is 0 Å². The second-order valence-corrected chi connectivity index (χ2v) is 6.99. The highest BCUT2D eigenvalue weighted by molar-refractivity contribution is 6.37. The van der Waals surface area contributed by atoms with Crippen LogP contribution in [-0.2, 0) is 0 Å². The average molecular weight is 377 g/mol. The summed E-state index contributed by atoms with van der Waals surface area (Å²) in [6.45, 7) is 1.91. The van der Waals surface area contributed by atoms with Crippen molar-refractivity contribution in [3.05, 3.63) is 69.7 Å². The summed E-state index contributed by atoms with van der Waals surface area (Å²) in [5, 5.41) is 0.873. The van der Waals surface area contributed by atoms with E-state index in [1.165, 1.54) is 6.08 Å². The van der Waals surface area contributed by atoms with E-state index in [1.54, 1.807) is 24.3 Å². The Labute approximate surface area is 159 Å². The molecule has 0 bridgehead atoms. The molecule has 132 valence electrons. The highest BCUT2D eigenvalue weighted by Crippen LogP contribution is 2.22. The first-order chi connectivity index (χ1) is 11.9. The first kappa shape index (κ1) is 19.5. The van der Waals surface area contributed by atoms with Gasteiger partial charge in [0.2, 0.25) is 0 Å². The fourth-order valence-electron chi connectivity index (χ4n) is 2.30. The number of anilines is 1. The number of benzene rings is 2. The molecule has 5 heteroatoms. The molecule has 0 amide bonds. The average Bonchev–Trinajstić information content (AvgIpc) is 2.57. The summed E-state index contributed by atoms with van der Waals surface area (Å²) < 4.78 is 0. The molecule has 0 aliphatic heterocycles. The molecule has 0 spiro atoms. The predicted octanol–water partition coefficient (Wildman–Crippen LogP) is 4.89. The van der Waals surface area contributed by atoms with Crippen molar-refractivity contribution in [1.29, 1.82) is 0 Å². The van der Waals surface area contributed by atoms with E-state index in [0.717, 1.165) is 24.3 Å². The fourth-order valence-corrected chi connectivity index (χ4v) is 2.80. The second kappa shape index (κ2) is 9.04. The molecule has 0 unspecified atom stereocenters. The molecule has 2 aromatic carbocycles. The Balaban J connectivity index is 2.10. The molecule has 0 N–H and O–H groups in total. The van der Waals surface area contributed by atoms with Gasteiger partial charge in [0.1, 0.15) is 0 Å². The Morgan fingerprint density at radius 3 is 2.48 bits per heavy atom. The highest BCUT2D eigenvalue weighted by Gasteiger charge is 2.08. The summed E-state index contributed by atoms with van der Waals surface area (Å²) in [7, 11) is 6.17. The lowest BCUT2D eigenvalue weighted by molar-refractivity contribution is 0.104. The monoisotopic (exact) mass is 376 g/mol. The lowest BCUT2D eigenvalue weighted by atomic mass is 10.1. The van der Waals surface area contributed by atoms with Gasteiger partial charge < -0.3 is 9.80 Å². The van der Waals surface area contributed by atoms with Gasteiger partial charge in [0, 0.05) is 36.4 Å². The Bertz CT molecular complexity index is 772. The summed E-state index contributed by atoms with van der Waals surface area (Å²) >= 11 is 11.9. The minimum Gasteiger partial charge on any atom is -0.373 e. The van der Waals surface area contributed by atoms with E-state index in [-0.39, 0.29) is 5.78 Å². The van der Waals surface area contributed by atoms with Crippen molar-refractivity contribution in [3.8, 4) is 0 Å². The number of ketones is 1. The minimum absolute atomic E-state index is 0.145. The van der Waals surface area contributed by atoms with Crippen molar-refractivity contribution in [2.75, 3.05) is 39.1 Å². The third-order valence-electron chi connectivity index (χ3n) is 3.82. The maximum Gasteiger partial charge on any atom is 0.187 e. The second-order valence-electron chi connectivity index (χ2n) is 6.14. The molecule has 2 aromatic rings. The first-order valence-electron chi connectivity index (χ1n) is 8.00. The van der Waals surface area contributed by atoms with Crippen LogP contribution in [0.4, 0.5) is 5.69 Å². The van der Waals surface area contributed by atoms with Crippen molar-refractivity contribution in [3.63, 3.8) is 0 Å². The van der Waals surface area contributed by atoms with Gasteiger partial charge in [0.05, 0.1) is 5.02 Å². The largest absolute Gasteiger partial charge is 0.373 e. The summed E-state index contributed by atoms with van der Waals surface area (Å²) in [5.41, 5.74) is 2.52. The lowest BCUT2D eigenvalue weighted by Gasteiger charge is -2.21. The van der Waals surface area contributed by atoms with Gasteiger partial charge in [-0.2, -0.15) is 0 Å². The molecule has 0 radical (unpaired) electrons. The van der Waals surface area contributed by atoms with E-state index in [4.69, 9.17) is 23.2 Å². The summed E-state index contributed by atoms with van der Waals surface area (Å²) in [6.07, 6.45) is 3.34. The van der Waals surface area contributed by atoms with Gasteiger partial charge in [0.15, 0.2) is 5.78 Å². The predicted molar refractivity (Wildman–Crippen MR) is 108 cm³/mol. The van der Waals surface area contributed by atoms with Crippen LogP contribution in [0.15, 0.2) is 48.5 Å². The number of likely N-dealkylation sites (N-methyl/N-ethyl adjacent to an activating group) is 2. The normalized spacial score (nSPS) is 11.3. The lowest BCUT2D eigenvalue weighted by Crippen LogP contribution is -2.28. The van der Waals surface area contributed by atoms with Crippen LogP contribution < -0.4 is 4.90 Å². The number of allylic oxidation sites excluding steroid dienone is 1. The van der Waals surface area contributed by atoms with Crippen LogP contribution in [0.1, 0.15) is 15.9 Å². The maximum atomic E-state index is 12.3. The van der Waals surface area contributed by atoms with Crippen molar-refractivity contribution < 1.29 is 4.79 Å². The fraction of sp³-hybridized carbons (Fsp3) is 0.250. The maximum absolute atomic E-state index is 12.3. The Morgan fingerprint density at radius 1 is 1.04 bits per heavy atom. The van der Waals surface area contributed by atoms with Crippen LogP contribution in [0.25, 0.3) is 6.08 Å². The van der Waals surface area contributed by atoms with Crippen LogP contribution >= 0.6 is 23.2 Å². The Hall–Kier alpha value is -1.81. The van der Waals surface area contributed by atoms with E-state index >= 15 is 0 Å². The number of hydrogen-bond donors (Lipinski definition) is 0. The molecule has 0 fully saturated rings. The quantitative estimate of drug-likeness (QED) is 0.507. The van der Waals surface area contributed by atoms with Gasteiger partial charge in [-0.15, -0.1) is 0 Å². The number of carbonyl (C=O) groups excluding carboxylic acids is 1. The molecule has 0 aliphatic rings. The molecule has 0 saturated heterocycles. The topological polar surface area (TPSA) is 23.6 Å². The van der Waals surface area contributed by atoms with Crippen LogP contribution in [0.5, 0.6) is 0 Å². The molecular formula is C20H22Cl2N2O. The number of carbonyl (C=O) groups is 1. The molecule has 0 saturated carbocycles. The molecule has 0 atom stereocenters. The zero-order valence-corrected chi connectivity index (χ0v) is 16.2. The van der Waals surface area contributed by atoms with Crippen molar-refractivity contribution in [2.45, 2.75) is 0 Å². The van der Waals surface area contributed by atoms with Gasteiger partial charge in [-0.25, -0.2) is 0 Å². The molecule has 0 aliphatic carbocycles. The summed E-state index contributed by atoms with van der Waals surface area (Å²) in [6, 6.07) is 13.0. The zero-order valence-electron chi connectivity index (χ0n) is 14.7. The SMILES string of the molecule is CN(C)CCN(C)c1cccc(/C=C/C(=O)c2ccc(Cl)cc2Cl)c1. The summed E-state index contributed by atoms with van der Waals surface area (Å²) in [5.74, 6) is -0.145. The summed E-state index contributed by atoms with van der Waals surface area (Å²) in [4.78, 5) is 16.7. The third-order valence-corrected chi connectivity index (χ3v) is 4.37. The molecule has 3 nitrogen and oxygen atoms in total. The molecule has 2 rings (SSSR count). The van der Waals surface area contributed by atoms with Crippen LogP contribution in [0.3, 0.4) is 0 Å².